The first-order valence-electron chi connectivity index (χ1n) is 11.8. The van der Waals surface area contributed by atoms with Gasteiger partial charge in [0.25, 0.3) is 0 Å². The molecule has 2 atom stereocenters. The smallest absolute Gasteiger partial charge is 0.243 e. The molecular formula is C24H35N3O4S. The molecule has 4 rings (SSSR count). The predicted octanol–water partition coefficient (Wildman–Crippen LogP) is 3.04. The van der Waals surface area contributed by atoms with Gasteiger partial charge >= 0.3 is 0 Å². The van der Waals surface area contributed by atoms with E-state index in [0.29, 0.717) is 31.8 Å². The first-order valence-corrected chi connectivity index (χ1v) is 13.2. The monoisotopic (exact) mass is 461 g/mol. The van der Waals surface area contributed by atoms with Crippen LogP contribution < -0.4 is 10.2 Å². The fourth-order valence-electron chi connectivity index (χ4n) is 5.45. The number of hydrogen-bond donors (Lipinski definition) is 1. The van der Waals surface area contributed by atoms with Crippen LogP contribution in [0.3, 0.4) is 0 Å². The van der Waals surface area contributed by atoms with Crippen LogP contribution in [0.15, 0.2) is 23.1 Å². The molecule has 0 radical (unpaired) electrons. The predicted molar refractivity (Wildman–Crippen MR) is 124 cm³/mol. The van der Waals surface area contributed by atoms with Gasteiger partial charge in [0.2, 0.25) is 21.8 Å². The number of anilines is 1. The zero-order valence-electron chi connectivity index (χ0n) is 19.6. The van der Waals surface area contributed by atoms with Crippen molar-refractivity contribution in [2.45, 2.75) is 75.6 Å². The van der Waals surface area contributed by atoms with E-state index in [0.717, 1.165) is 30.5 Å². The lowest BCUT2D eigenvalue weighted by atomic mass is 9.85. The van der Waals surface area contributed by atoms with E-state index >= 15 is 0 Å². The molecule has 7 nitrogen and oxygen atoms in total. The van der Waals surface area contributed by atoms with Crippen molar-refractivity contribution in [2.24, 2.45) is 11.8 Å². The minimum absolute atomic E-state index is 0.0406. The van der Waals surface area contributed by atoms with Gasteiger partial charge in [0.1, 0.15) is 0 Å². The molecule has 176 valence electrons. The zero-order chi connectivity index (χ0) is 23.3. The molecule has 0 aromatic heterocycles. The summed E-state index contributed by atoms with van der Waals surface area (Å²) in [6.07, 6.45) is 5.64. The van der Waals surface area contributed by atoms with Gasteiger partial charge in [-0.3, -0.25) is 9.59 Å². The molecular weight excluding hydrogens is 426 g/mol. The molecule has 2 unspecified atom stereocenters. The molecule has 1 saturated carbocycles. The van der Waals surface area contributed by atoms with Gasteiger partial charge < -0.3 is 10.2 Å². The van der Waals surface area contributed by atoms with Gasteiger partial charge in [0.15, 0.2) is 0 Å². The number of piperidine rings is 1. The Morgan fingerprint density at radius 3 is 2.41 bits per heavy atom. The zero-order valence-corrected chi connectivity index (χ0v) is 20.4. The quantitative estimate of drug-likeness (QED) is 0.747. The summed E-state index contributed by atoms with van der Waals surface area (Å²) < 4.78 is 28.1. The molecule has 8 heteroatoms. The number of amides is 2. The van der Waals surface area contributed by atoms with Gasteiger partial charge in [-0.15, -0.1) is 0 Å². The summed E-state index contributed by atoms with van der Waals surface area (Å²) in [6, 6.07) is 5.20. The van der Waals surface area contributed by atoms with Crippen molar-refractivity contribution in [3.63, 3.8) is 0 Å². The van der Waals surface area contributed by atoms with Crippen LogP contribution >= 0.6 is 0 Å². The van der Waals surface area contributed by atoms with Crippen molar-refractivity contribution in [1.29, 1.82) is 0 Å². The van der Waals surface area contributed by atoms with Gasteiger partial charge in [-0.05, 0) is 69.2 Å². The maximum Gasteiger partial charge on any atom is 0.243 e. The third-order valence-corrected chi connectivity index (χ3v) is 9.64. The van der Waals surface area contributed by atoms with Crippen LogP contribution in [0.25, 0.3) is 0 Å². The number of nitrogens with one attached hydrogen (secondary N) is 1. The molecule has 32 heavy (non-hydrogen) atoms. The molecule has 1 N–H and O–H groups in total. The minimum atomic E-state index is -3.68. The molecule has 0 spiro atoms. The number of nitrogens with zero attached hydrogens (tertiary/aromatic N) is 2. The Hall–Kier alpha value is -1.93. The van der Waals surface area contributed by atoms with E-state index in [9.17, 15) is 18.0 Å². The Kier molecular flexibility index (Phi) is 6.13. The van der Waals surface area contributed by atoms with Crippen molar-refractivity contribution < 1.29 is 18.0 Å². The number of likely N-dealkylation sites (N-methyl/N-ethyl adjacent to an activating group) is 1. The molecule has 1 aliphatic carbocycles. The second-order valence-electron chi connectivity index (χ2n) is 10.2. The Labute approximate surface area is 191 Å². The molecule has 3 aliphatic rings. The summed E-state index contributed by atoms with van der Waals surface area (Å²) in [5, 5.41) is 3.23. The molecule has 1 aromatic rings. The molecule has 1 saturated heterocycles. The summed E-state index contributed by atoms with van der Waals surface area (Å²) in [7, 11) is -1.97. The van der Waals surface area contributed by atoms with E-state index in [2.05, 4.69) is 12.2 Å². The SMILES string of the molecule is CC1CCCCC1NC(=O)C1CCN(S(=O)(=O)c2ccc3c(c2)C(C)(C)C(=O)N3C)CC1. The van der Waals surface area contributed by atoms with Crippen LogP contribution in [0.1, 0.15) is 64.9 Å². The van der Waals surface area contributed by atoms with Gasteiger partial charge in [0, 0.05) is 37.8 Å². The Balaban J connectivity index is 1.43. The molecule has 2 heterocycles. The molecule has 2 aliphatic heterocycles. The fourth-order valence-corrected chi connectivity index (χ4v) is 6.95. The van der Waals surface area contributed by atoms with Gasteiger partial charge in [0.05, 0.1) is 10.3 Å². The third-order valence-electron chi connectivity index (χ3n) is 7.74. The van der Waals surface area contributed by atoms with E-state index in [1.807, 2.05) is 13.8 Å². The first kappa shape index (κ1) is 23.2. The number of benzene rings is 1. The van der Waals surface area contributed by atoms with Crippen molar-refractivity contribution in [3.05, 3.63) is 23.8 Å². The van der Waals surface area contributed by atoms with E-state index in [-0.39, 0.29) is 28.7 Å². The number of rotatable bonds is 4. The summed E-state index contributed by atoms with van der Waals surface area (Å²) in [6.45, 7) is 6.51. The maximum atomic E-state index is 13.3. The van der Waals surface area contributed by atoms with Crippen LogP contribution in [0.5, 0.6) is 0 Å². The maximum absolute atomic E-state index is 13.3. The normalized spacial score (nSPS) is 26.8. The first-order chi connectivity index (χ1) is 15.0. The molecule has 1 aromatic carbocycles. The third kappa shape index (κ3) is 3.96. The summed E-state index contributed by atoms with van der Waals surface area (Å²) in [4.78, 5) is 27.1. The molecule has 2 amide bonds. The largest absolute Gasteiger partial charge is 0.353 e. The van der Waals surface area contributed by atoms with Crippen molar-refractivity contribution >= 4 is 27.5 Å². The lowest BCUT2D eigenvalue weighted by molar-refractivity contribution is -0.127. The van der Waals surface area contributed by atoms with Crippen LogP contribution in [-0.4, -0.2) is 50.7 Å². The van der Waals surface area contributed by atoms with Gasteiger partial charge in [-0.2, -0.15) is 4.31 Å². The highest BCUT2D eigenvalue weighted by molar-refractivity contribution is 7.89. The molecule has 0 bridgehead atoms. The number of fused-ring (bicyclic) bond motifs is 1. The second-order valence-corrected chi connectivity index (χ2v) is 12.2. The highest BCUT2D eigenvalue weighted by atomic mass is 32.2. The average Bonchev–Trinajstić information content (AvgIpc) is 2.95. The summed E-state index contributed by atoms with van der Waals surface area (Å²) in [5.41, 5.74) is 0.741. The fraction of sp³-hybridized carbons (Fsp3) is 0.667. The Morgan fingerprint density at radius 1 is 1.09 bits per heavy atom. The summed E-state index contributed by atoms with van der Waals surface area (Å²) >= 11 is 0. The van der Waals surface area contributed by atoms with E-state index in [4.69, 9.17) is 0 Å². The van der Waals surface area contributed by atoms with Crippen molar-refractivity contribution in [1.82, 2.24) is 9.62 Å². The Morgan fingerprint density at radius 2 is 1.75 bits per heavy atom. The minimum Gasteiger partial charge on any atom is -0.353 e. The standard InChI is InChI=1S/C24H35N3O4S/c1-16-7-5-6-8-20(16)25-22(28)17-11-13-27(14-12-17)32(30,31)18-9-10-21-19(15-18)24(2,3)23(29)26(21)4/h9-10,15-17,20H,5-8,11-14H2,1-4H3,(H,25,28). The average molecular weight is 462 g/mol. The van der Waals surface area contributed by atoms with Crippen LogP contribution in [-0.2, 0) is 25.0 Å². The number of hydrogen-bond acceptors (Lipinski definition) is 4. The highest BCUT2D eigenvalue weighted by Crippen LogP contribution is 2.42. The lowest BCUT2D eigenvalue weighted by Crippen LogP contribution is -2.47. The van der Waals surface area contributed by atoms with Crippen molar-refractivity contribution in [2.75, 3.05) is 25.0 Å². The highest BCUT2D eigenvalue weighted by Gasteiger charge is 2.43. The van der Waals surface area contributed by atoms with Gasteiger partial charge in [-0.1, -0.05) is 19.8 Å². The second kappa shape index (κ2) is 8.45. The van der Waals surface area contributed by atoms with E-state index in [1.54, 1.807) is 30.1 Å². The lowest BCUT2D eigenvalue weighted by Gasteiger charge is -2.34. The topological polar surface area (TPSA) is 86.8 Å². The molecule has 2 fully saturated rings. The van der Waals surface area contributed by atoms with Crippen LogP contribution in [0.4, 0.5) is 5.69 Å². The van der Waals surface area contributed by atoms with Gasteiger partial charge in [-0.25, -0.2) is 8.42 Å². The Bertz CT molecular complexity index is 1010. The number of sulfonamides is 1. The van der Waals surface area contributed by atoms with E-state index in [1.165, 1.54) is 10.7 Å². The van der Waals surface area contributed by atoms with E-state index < -0.39 is 15.4 Å². The van der Waals surface area contributed by atoms with Crippen LogP contribution in [0, 0.1) is 11.8 Å². The number of carbonyl (C=O) groups excluding carboxylic acids is 2. The number of carbonyl (C=O) groups is 2. The summed E-state index contributed by atoms with van der Waals surface area (Å²) in [5.74, 6) is 0.395. The van der Waals surface area contributed by atoms with Crippen LogP contribution in [0.2, 0.25) is 0 Å². The van der Waals surface area contributed by atoms with Crippen molar-refractivity contribution in [3.8, 4) is 0 Å².